The monoisotopic (exact) mass is 300 g/mol. The van der Waals surface area contributed by atoms with Gasteiger partial charge in [-0.05, 0) is 12.1 Å². The first-order valence-electron chi connectivity index (χ1n) is 6.09. The molecule has 1 aromatic rings. The van der Waals surface area contributed by atoms with Crippen LogP contribution in [0.3, 0.4) is 0 Å². The van der Waals surface area contributed by atoms with Gasteiger partial charge < -0.3 is 20.6 Å². The van der Waals surface area contributed by atoms with E-state index < -0.39 is 5.91 Å². The molecule has 0 aromatic carbocycles. The van der Waals surface area contributed by atoms with E-state index in [9.17, 15) is 14.7 Å². The summed E-state index contributed by atoms with van der Waals surface area (Å²) >= 11 is 0. The molecule has 0 saturated carbocycles. The number of nitrogens with zero attached hydrogens (tertiary/aromatic N) is 2. The standard InChI is InChI=1S/C12H16N4O3.ClH/c17-9-2-1-3-14-11(9)12(19)15-8-10(18)16-6-4-13-5-7-16;/h1-3,13,17H,4-8H2,(H,15,19);1H. The molecule has 1 fully saturated rings. The summed E-state index contributed by atoms with van der Waals surface area (Å²) in [6.45, 7) is 2.73. The van der Waals surface area contributed by atoms with Crippen molar-refractivity contribution < 1.29 is 14.7 Å². The highest BCUT2D eigenvalue weighted by Gasteiger charge is 2.18. The van der Waals surface area contributed by atoms with Gasteiger partial charge in [0.25, 0.3) is 5.91 Å². The van der Waals surface area contributed by atoms with Crippen LogP contribution in [0.15, 0.2) is 18.3 Å². The van der Waals surface area contributed by atoms with Crippen LogP contribution in [0.4, 0.5) is 0 Å². The quantitative estimate of drug-likeness (QED) is 0.691. The number of halogens is 1. The fraction of sp³-hybridized carbons (Fsp3) is 0.417. The number of aromatic hydroxyl groups is 1. The van der Waals surface area contributed by atoms with E-state index in [0.29, 0.717) is 13.1 Å². The van der Waals surface area contributed by atoms with Crippen LogP contribution < -0.4 is 10.6 Å². The Morgan fingerprint density at radius 3 is 2.75 bits per heavy atom. The zero-order valence-corrected chi connectivity index (χ0v) is 11.7. The largest absolute Gasteiger partial charge is 0.505 e. The highest BCUT2D eigenvalue weighted by Crippen LogP contribution is 2.11. The minimum atomic E-state index is -0.554. The number of nitrogens with one attached hydrogen (secondary N) is 2. The minimum Gasteiger partial charge on any atom is -0.505 e. The van der Waals surface area contributed by atoms with Crippen molar-refractivity contribution in [2.75, 3.05) is 32.7 Å². The van der Waals surface area contributed by atoms with Gasteiger partial charge in [-0.1, -0.05) is 0 Å². The van der Waals surface area contributed by atoms with E-state index in [1.54, 1.807) is 4.90 Å². The molecule has 1 aromatic heterocycles. The first-order chi connectivity index (χ1) is 9.18. The van der Waals surface area contributed by atoms with E-state index in [1.165, 1.54) is 18.3 Å². The Labute approximate surface area is 122 Å². The molecule has 1 aliphatic rings. The van der Waals surface area contributed by atoms with E-state index in [-0.39, 0.29) is 36.3 Å². The SMILES string of the molecule is Cl.O=C(NCC(=O)N1CCNCC1)c1ncccc1O. The van der Waals surface area contributed by atoms with Crippen molar-refractivity contribution in [3.63, 3.8) is 0 Å². The van der Waals surface area contributed by atoms with Crippen molar-refractivity contribution in [3.05, 3.63) is 24.0 Å². The van der Waals surface area contributed by atoms with Crippen molar-refractivity contribution >= 4 is 24.2 Å². The first kappa shape index (κ1) is 16.2. The van der Waals surface area contributed by atoms with Crippen LogP contribution in [0.5, 0.6) is 5.75 Å². The lowest BCUT2D eigenvalue weighted by Crippen LogP contribution is -2.49. The number of rotatable bonds is 3. The number of carbonyl (C=O) groups is 2. The van der Waals surface area contributed by atoms with Crippen LogP contribution in [-0.2, 0) is 4.79 Å². The van der Waals surface area contributed by atoms with Crippen LogP contribution >= 0.6 is 12.4 Å². The maximum Gasteiger partial charge on any atom is 0.274 e. The lowest BCUT2D eigenvalue weighted by atomic mass is 10.3. The number of amides is 2. The lowest BCUT2D eigenvalue weighted by molar-refractivity contribution is -0.130. The van der Waals surface area contributed by atoms with Crippen LogP contribution in [0.25, 0.3) is 0 Å². The summed E-state index contributed by atoms with van der Waals surface area (Å²) < 4.78 is 0. The van der Waals surface area contributed by atoms with Gasteiger partial charge in [-0.3, -0.25) is 9.59 Å². The zero-order chi connectivity index (χ0) is 13.7. The van der Waals surface area contributed by atoms with Gasteiger partial charge in [0.15, 0.2) is 5.69 Å². The van der Waals surface area contributed by atoms with Gasteiger partial charge in [0.2, 0.25) is 5.91 Å². The van der Waals surface area contributed by atoms with Crippen molar-refractivity contribution in [3.8, 4) is 5.75 Å². The molecule has 0 spiro atoms. The molecule has 20 heavy (non-hydrogen) atoms. The topological polar surface area (TPSA) is 94.6 Å². The Morgan fingerprint density at radius 2 is 2.10 bits per heavy atom. The fourth-order valence-corrected chi connectivity index (χ4v) is 1.84. The number of carbonyl (C=O) groups excluding carboxylic acids is 2. The third kappa shape index (κ3) is 4.07. The second-order valence-corrected chi connectivity index (χ2v) is 4.18. The Balaban J connectivity index is 0.00000200. The van der Waals surface area contributed by atoms with Gasteiger partial charge >= 0.3 is 0 Å². The third-order valence-electron chi connectivity index (χ3n) is 2.87. The van der Waals surface area contributed by atoms with E-state index in [0.717, 1.165) is 13.1 Å². The molecule has 0 radical (unpaired) electrons. The summed E-state index contributed by atoms with van der Waals surface area (Å²) in [5.41, 5.74) is -0.0735. The molecule has 3 N–H and O–H groups in total. The molecule has 0 unspecified atom stereocenters. The molecule has 0 bridgehead atoms. The highest BCUT2D eigenvalue weighted by molar-refractivity contribution is 5.96. The van der Waals surface area contributed by atoms with E-state index in [1.807, 2.05) is 0 Å². The summed E-state index contributed by atoms with van der Waals surface area (Å²) in [6, 6.07) is 2.90. The fourth-order valence-electron chi connectivity index (χ4n) is 1.84. The minimum absolute atomic E-state index is 0. The summed E-state index contributed by atoms with van der Waals surface area (Å²) in [5.74, 6) is -0.888. The van der Waals surface area contributed by atoms with Crippen molar-refractivity contribution in [1.29, 1.82) is 0 Å². The smallest absolute Gasteiger partial charge is 0.274 e. The highest BCUT2D eigenvalue weighted by atomic mass is 35.5. The summed E-state index contributed by atoms with van der Waals surface area (Å²) in [5, 5.41) is 15.1. The zero-order valence-electron chi connectivity index (χ0n) is 10.8. The molecule has 0 aliphatic carbocycles. The molecule has 1 aliphatic heterocycles. The molecule has 8 heteroatoms. The van der Waals surface area contributed by atoms with Gasteiger partial charge in [-0.15, -0.1) is 12.4 Å². The van der Waals surface area contributed by atoms with Gasteiger partial charge in [-0.25, -0.2) is 4.98 Å². The average molecular weight is 301 g/mol. The van der Waals surface area contributed by atoms with Crippen LogP contribution in [-0.4, -0.2) is 59.5 Å². The van der Waals surface area contributed by atoms with Crippen LogP contribution in [0.1, 0.15) is 10.5 Å². The van der Waals surface area contributed by atoms with E-state index >= 15 is 0 Å². The second-order valence-electron chi connectivity index (χ2n) is 4.18. The Morgan fingerprint density at radius 1 is 1.40 bits per heavy atom. The third-order valence-corrected chi connectivity index (χ3v) is 2.87. The molecule has 110 valence electrons. The van der Waals surface area contributed by atoms with Crippen LogP contribution in [0, 0.1) is 0 Å². The Kier molecular flexibility index (Phi) is 6.20. The normalized spacial score (nSPS) is 14.3. The molecule has 2 heterocycles. The maximum atomic E-state index is 11.8. The average Bonchev–Trinajstić information content (AvgIpc) is 2.46. The number of hydrogen-bond acceptors (Lipinski definition) is 5. The maximum absolute atomic E-state index is 11.8. The molecule has 0 atom stereocenters. The van der Waals surface area contributed by atoms with Crippen molar-refractivity contribution in [2.24, 2.45) is 0 Å². The second kappa shape index (κ2) is 7.66. The lowest BCUT2D eigenvalue weighted by Gasteiger charge is -2.27. The number of pyridine rings is 1. The van der Waals surface area contributed by atoms with Gasteiger partial charge in [0.1, 0.15) is 5.75 Å². The van der Waals surface area contributed by atoms with Crippen LogP contribution in [0.2, 0.25) is 0 Å². The Bertz CT molecular complexity index is 478. The van der Waals surface area contributed by atoms with Crippen molar-refractivity contribution in [2.45, 2.75) is 0 Å². The van der Waals surface area contributed by atoms with Gasteiger partial charge in [0, 0.05) is 32.4 Å². The number of aromatic nitrogens is 1. The molecular formula is C12H17ClN4O3. The molecule has 2 amide bonds. The first-order valence-corrected chi connectivity index (χ1v) is 6.09. The Hall–Kier alpha value is -1.86. The van der Waals surface area contributed by atoms with E-state index in [4.69, 9.17) is 0 Å². The molecular weight excluding hydrogens is 284 g/mol. The van der Waals surface area contributed by atoms with Gasteiger partial charge in [0.05, 0.1) is 6.54 Å². The van der Waals surface area contributed by atoms with E-state index in [2.05, 4.69) is 15.6 Å². The molecule has 2 rings (SSSR count). The predicted octanol–water partition coefficient (Wildman–Crippen LogP) is -0.629. The number of hydrogen-bond donors (Lipinski definition) is 3. The predicted molar refractivity (Wildman–Crippen MR) is 74.9 cm³/mol. The summed E-state index contributed by atoms with van der Waals surface area (Å²) in [7, 11) is 0. The summed E-state index contributed by atoms with van der Waals surface area (Å²) in [6.07, 6.45) is 1.41. The summed E-state index contributed by atoms with van der Waals surface area (Å²) in [4.78, 5) is 29.0. The number of piperazine rings is 1. The van der Waals surface area contributed by atoms with Gasteiger partial charge in [-0.2, -0.15) is 0 Å². The molecule has 1 saturated heterocycles. The van der Waals surface area contributed by atoms with Crippen molar-refractivity contribution in [1.82, 2.24) is 20.5 Å². The molecule has 7 nitrogen and oxygen atoms in total.